The molecule has 4 rings (SSSR count). The van der Waals surface area contributed by atoms with Gasteiger partial charge in [-0.2, -0.15) is 0 Å². The Bertz CT molecular complexity index is 1190. The van der Waals surface area contributed by atoms with Gasteiger partial charge in [-0.15, -0.1) is 8.78 Å². The van der Waals surface area contributed by atoms with E-state index < -0.39 is 23.9 Å². The van der Waals surface area contributed by atoms with Crippen LogP contribution < -0.4 is 20.1 Å². The maximum atomic E-state index is 13.5. The van der Waals surface area contributed by atoms with Crippen molar-refractivity contribution < 1.29 is 37.0 Å². The molecule has 9 nitrogen and oxygen atoms in total. The molecule has 0 unspecified atom stereocenters. The minimum absolute atomic E-state index is 0.102. The summed E-state index contributed by atoms with van der Waals surface area (Å²) in [6.45, 7) is 4.96. The number of hydrogen-bond acceptors (Lipinski definition) is 7. The van der Waals surface area contributed by atoms with Crippen LogP contribution in [-0.4, -0.2) is 28.9 Å². The Labute approximate surface area is 174 Å². The smallest absolute Gasteiger partial charge is 0.444 e. The van der Waals surface area contributed by atoms with Crippen LogP contribution in [0.3, 0.4) is 0 Å². The number of amides is 2. The van der Waals surface area contributed by atoms with Gasteiger partial charge in [-0.1, -0.05) is 0 Å². The molecule has 2 N–H and O–H groups in total. The van der Waals surface area contributed by atoms with E-state index in [1.54, 1.807) is 39.0 Å². The Morgan fingerprint density at radius 3 is 2.48 bits per heavy atom. The van der Waals surface area contributed by atoms with Crippen LogP contribution in [0, 0.1) is 0 Å². The number of ether oxygens (including phenoxy) is 3. The monoisotopic (exact) mass is 433 g/mol. The number of hydrogen-bond donors (Lipinski definition) is 2. The maximum Gasteiger partial charge on any atom is 0.586 e. The van der Waals surface area contributed by atoms with Crippen molar-refractivity contribution in [1.82, 2.24) is 4.98 Å². The van der Waals surface area contributed by atoms with Crippen molar-refractivity contribution in [3.05, 3.63) is 42.3 Å². The minimum atomic E-state index is -3.89. The van der Waals surface area contributed by atoms with Gasteiger partial charge in [0.2, 0.25) is 0 Å². The van der Waals surface area contributed by atoms with E-state index >= 15 is 0 Å². The van der Waals surface area contributed by atoms with E-state index in [2.05, 4.69) is 25.1 Å². The summed E-state index contributed by atoms with van der Waals surface area (Å²) in [5.74, 6) is -1.39. The molecule has 1 aliphatic rings. The number of nitrogens with zero attached hydrogens (tertiary/aromatic N) is 1. The van der Waals surface area contributed by atoms with Crippen LogP contribution in [0.1, 0.15) is 31.1 Å². The SMILES string of the molecule is CC(C)(C)OC(=O)Nc1cc2c(cc1C(=O)Nc1ccc3ocnc3c1)OC(F)(F)O2. The summed E-state index contributed by atoms with van der Waals surface area (Å²) in [5.41, 5.74) is 0.340. The van der Waals surface area contributed by atoms with Crippen molar-refractivity contribution in [2.75, 3.05) is 10.6 Å². The lowest BCUT2D eigenvalue weighted by molar-refractivity contribution is -0.286. The molecule has 1 aromatic heterocycles. The number of nitrogens with one attached hydrogen (secondary N) is 2. The highest BCUT2D eigenvalue weighted by atomic mass is 19.3. The molecule has 1 aliphatic heterocycles. The molecule has 0 saturated carbocycles. The van der Waals surface area contributed by atoms with Crippen LogP contribution in [-0.2, 0) is 4.74 Å². The molecule has 3 aromatic rings. The van der Waals surface area contributed by atoms with Crippen molar-refractivity contribution in [2.45, 2.75) is 32.7 Å². The normalized spacial score (nSPS) is 14.4. The van der Waals surface area contributed by atoms with Crippen LogP contribution in [0.25, 0.3) is 11.1 Å². The van der Waals surface area contributed by atoms with Gasteiger partial charge in [-0.25, -0.2) is 9.78 Å². The molecule has 0 aliphatic carbocycles. The highest BCUT2D eigenvalue weighted by Crippen LogP contribution is 2.44. The quantitative estimate of drug-likeness (QED) is 0.613. The zero-order chi connectivity index (χ0) is 22.4. The number of halogens is 2. The Morgan fingerprint density at radius 2 is 1.77 bits per heavy atom. The number of anilines is 2. The van der Waals surface area contributed by atoms with Gasteiger partial charge in [0.05, 0.1) is 11.3 Å². The number of rotatable bonds is 3. The van der Waals surface area contributed by atoms with Gasteiger partial charge in [0.25, 0.3) is 5.91 Å². The van der Waals surface area contributed by atoms with E-state index in [9.17, 15) is 18.4 Å². The van der Waals surface area contributed by atoms with Crippen LogP contribution in [0.4, 0.5) is 25.0 Å². The minimum Gasteiger partial charge on any atom is -0.444 e. The molecule has 0 bridgehead atoms. The Hall–Kier alpha value is -3.89. The van der Waals surface area contributed by atoms with Crippen LogP contribution >= 0.6 is 0 Å². The van der Waals surface area contributed by atoms with Crippen molar-refractivity contribution in [3.8, 4) is 11.5 Å². The van der Waals surface area contributed by atoms with Gasteiger partial charge in [0, 0.05) is 11.8 Å². The molecule has 0 atom stereocenters. The Kier molecular flexibility index (Phi) is 4.68. The number of alkyl halides is 2. The standard InChI is InChI=1S/C20H17F2N3O6/c1-19(2,3)31-18(27)25-12-8-16-15(29-20(21,22)30-16)7-11(12)17(26)24-10-4-5-14-13(6-10)23-9-28-14/h4-9H,1-3H3,(H,24,26)(H,25,27). The maximum absolute atomic E-state index is 13.5. The van der Waals surface area contributed by atoms with E-state index in [4.69, 9.17) is 9.15 Å². The molecule has 0 fully saturated rings. The van der Waals surface area contributed by atoms with Gasteiger partial charge in [0.15, 0.2) is 23.5 Å². The topological polar surface area (TPSA) is 112 Å². The average molecular weight is 433 g/mol. The van der Waals surface area contributed by atoms with Gasteiger partial charge in [-0.3, -0.25) is 10.1 Å². The predicted molar refractivity (Wildman–Crippen MR) is 104 cm³/mol. The van der Waals surface area contributed by atoms with Gasteiger partial charge in [-0.05, 0) is 45.0 Å². The van der Waals surface area contributed by atoms with E-state index in [0.29, 0.717) is 16.8 Å². The third-order valence-corrected chi connectivity index (χ3v) is 4.01. The number of carbonyl (C=O) groups excluding carboxylic acids is 2. The molecular formula is C20H17F2N3O6. The van der Waals surface area contributed by atoms with Crippen molar-refractivity contribution in [3.63, 3.8) is 0 Å². The first kappa shape index (κ1) is 20.4. The van der Waals surface area contributed by atoms with Crippen molar-refractivity contribution >= 4 is 34.5 Å². The second-order valence-corrected chi connectivity index (χ2v) is 7.63. The summed E-state index contributed by atoms with van der Waals surface area (Å²) in [4.78, 5) is 29.1. The first-order valence-corrected chi connectivity index (χ1v) is 9.08. The molecule has 2 heterocycles. The third-order valence-electron chi connectivity index (χ3n) is 4.01. The van der Waals surface area contributed by atoms with Gasteiger partial charge in [0.1, 0.15) is 11.1 Å². The summed E-state index contributed by atoms with van der Waals surface area (Å²) in [5, 5.41) is 5.00. The predicted octanol–water partition coefficient (Wildman–Crippen LogP) is 4.75. The molecule has 162 valence electrons. The van der Waals surface area contributed by atoms with E-state index in [1.165, 1.54) is 6.39 Å². The fraction of sp³-hybridized carbons (Fsp3) is 0.250. The summed E-state index contributed by atoms with van der Waals surface area (Å²) < 4.78 is 46.1. The first-order chi connectivity index (χ1) is 14.5. The number of benzene rings is 2. The molecule has 31 heavy (non-hydrogen) atoms. The van der Waals surface area contributed by atoms with Crippen molar-refractivity contribution in [1.29, 1.82) is 0 Å². The highest BCUT2D eigenvalue weighted by Gasteiger charge is 2.44. The molecule has 2 aromatic carbocycles. The van der Waals surface area contributed by atoms with Gasteiger partial charge < -0.3 is 23.9 Å². The average Bonchev–Trinajstić information content (AvgIpc) is 3.20. The lowest BCUT2D eigenvalue weighted by atomic mass is 10.1. The Balaban J connectivity index is 1.65. The molecule has 2 amide bonds. The summed E-state index contributed by atoms with van der Waals surface area (Å²) >= 11 is 0. The highest BCUT2D eigenvalue weighted by molar-refractivity contribution is 6.10. The van der Waals surface area contributed by atoms with Crippen LogP contribution in [0.15, 0.2) is 41.1 Å². The molecule has 0 saturated heterocycles. The van der Waals surface area contributed by atoms with E-state index in [-0.39, 0.29) is 22.7 Å². The molecule has 0 radical (unpaired) electrons. The third kappa shape index (κ3) is 4.49. The number of fused-ring (bicyclic) bond motifs is 2. The summed E-state index contributed by atoms with van der Waals surface area (Å²) in [7, 11) is 0. The zero-order valence-electron chi connectivity index (χ0n) is 16.6. The molecule has 11 heteroatoms. The number of oxazole rings is 1. The fourth-order valence-electron chi connectivity index (χ4n) is 2.84. The van der Waals surface area contributed by atoms with Gasteiger partial charge >= 0.3 is 12.4 Å². The Morgan fingerprint density at radius 1 is 1.06 bits per heavy atom. The summed E-state index contributed by atoms with van der Waals surface area (Å²) in [6.07, 6.45) is -3.51. The molecule has 0 spiro atoms. The summed E-state index contributed by atoms with van der Waals surface area (Å²) in [6, 6.07) is 6.87. The van der Waals surface area contributed by atoms with Crippen LogP contribution in [0.5, 0.6) is 11.5 Å². The first-order valence-electron chi connectivity index (χ1n) is 9.08. The zero-order valence-corrected chi connectivity index (χ0v) is 16.6. The van der Waals surface area contributed by atoms with Crippen molar-refractivity contribution in [2.24, 2.45) is 0 Å². The van der Waals surface area contributed by atoms with E-state index in [1.807, 2.05) is 0 Å². The second kappa shape index (κ2) is 7.11. The lowest BCUT2D eigenvalue weighted by Crippen LogP contribution is -2.28. The number of carbonyl (C=O) groups is 2. The largest absolute Gasteiger partial charge is 0.586 e. The fourth-order valence-corrected chi connectivity index (χ4v) is 2.84. The molecular weight excluding hydrogens is 416 g/mol. The second-order valence-electron chi connectivity index (χ2n) is 7.63. The lowest BCUT2D eigenvalue weighted by Gasteiger charge is -2.20. The van der Waals surface area contributed by atoms with E-state index in [0.717, 1.165) is 12.1 Å². The number of aromatic nitrogens is 1. The van der Waals surface area contributed by atoms with Crippen LogP contribution in [0.2, 0.25) is 0 Å².